The molecule has 0 bridgehead atoms. The van der Waals surface area contributed by atoms with Crippen LogP contribution in [0.4, 0.5) is 0 Å². The molecule has 94 valence electrons. The van der Waals surface area contributed by atoms with Crippen LogP contribution in [0.3, 0.4) is 0 Å². The molecule has 0 unspecified atom stereocenters. The summed E-state index contributed by atoms with van der Waals surface area (Å²) in [6, 6.07) is 0. The molecular formula is C12H24N2O2. The monoisotopic (exact) mass is 228 g/mol. The van der Waals surface area contributed by atoms with Crippen molar-refractivity contribution < 1.29 is 9.53 Å². The van der Waals surface area contributed by atoms with E-state index in [-0.39, 0.29) is 11.3 Å². The molecular weight excluding hydrogens is 204 g/mol. The molecule has 0 spiro atoms. The van der Waals surface area contributed by atoms with Crippen molar-refractivity contribution in [3.05, 3.63) is 0 Å². The highest BCUT2D eigenvalue weighted by molar-refractivity contribution is 5.83. The van der Waals surface area contributed by atoms with Crippen molar-refractivity contribution in [3.63, 3.8) is 0 Å². The van der Waals surface area contributed by atoms with Crippen molar-refractivity contribution in [3.8, 4) is 0 Å². The highest BCUT2D eigenvalue weighted by atomic mass is 16.5. The molecule has 0 aromatic heterocycles. The van der Waals surface area contributed by atoms with Crippen LogP contribution in [0.2, 0.25) is 0 Å². The Morgan fingerprint density at radius 3 is 2.69 bits per heavy atom. The first-order valence-electron chi connectivity index (χ1n) is 6.31. The summed E-state index contributed by atoms with van der Waals surface area (Å²) in [5.41, 5.74) is 5.39. The Morgan fingerprint density at radius 1 is 1.44 bits per heavy atom. The predicted molar refractivity (Wildman–Crippen MR) is 64.1 cm³/mol. The number of carbonyl (C=O) groups is 1. The molecule has 0 saturated heterocycles. The fraction of sp³-hybridized carbons (Fsp3) is 0.917. The zero-order chi connectivity index (χ0) is 11.9. The molecule has 1 aliphatic carbocycles. The molecule has 1 amide bonds. The van der Waals surface area contributed by atoms with E-state index in [0.29, 0.717) is 19.7 Å². The van der Waals surface area contributed by atoms with Gasteiger partial charge in [-0.15, -0.1) is 0 Å². The standard InChI is InChI=1S/C12H24N2O2/c1-2-3-8-16-9-7-14-11(15)12(10-13)5-4-6-12/h2-10,13H2,1H3,(H,14,15). The van der Waals surface area contributed by atoms with Crippen LogP contribution >= 0.6 is 0 Å². The molecule has 1 rings (SSSR count). The molecule has 0 atom stereocenters. The number of rotatable bonds is 8. The lowest BCUT2D eigenvalue weighted by Gasteiger charge is -2.39. The molecule has 1 aliphatic rings. The second-order valence-electron chi connectivity index (χ2n) is 4.56. The lowest BCUT2D eigenvalue weighted by atomic mass is 9.68. The Labute approximate surface area is 97.9 Å². The normalized spacial score (nSPS) is 17.9. The van der Waals surface area contributed by atoms with E-state index < -0.39 is 0 Å². The van der Waals surface area contributed by atoms with E-state index in [9.17, 15) is 4.79 Å². The van der Waals surface area contributed by atoms with Gasteiger partial charge in [-0.1, -0.05) is 19.8 Å². The minimum atomic E-state index is -0.260. The maximum Gasteiger partial charge on any atom is 0.227 e. The number of nitrogens with two attached hydrogens (primary N) is 1. The maximum atomic E-state index is 11.8. The van der Waals surface area contributed by atoms with Gasteiger partial charge in [0.25, 0.3) is 0 Å². The number of nitrogens with one attached hydrogen (secondary N) is 1. The van der Waals surface area contributed by atoms with E-state index in [4.69, 9.17) is 10.5 Å². The first kappa shape index (κ1) is 13.5. The number of hydrogen-bond acceptors (Lipinski definition) is 3. The second-order valence-corrected chi connectivity index (χ2v) is 4.56. The summed E-state index contributed by atoms with van der Waals surface area (Å²) in [4.78, 5) is 11.8. The van der Waals surface area contributed by atoms with E-state index in [2.05, 4.69) is 12.2 Å². The number of amides is 1. The summed E-state index contributed by atoms with van der Waals surface area (Å²) in [6.07, 6.45) is 5.22. The number of carbonyl (C=O) groups excluding carboxylic acids is 1. The zero-order valence-electron chi connectivity index (χ0n) is 10.3. The van der Waals surface area contributed by atoms with E-state index >= 15 is 0 Å². The summed E-state index contributed by atoms with van der Waals surface area (Å²) in [6.45, 7) is 4.59. The summed E-state index contributed by atoms with van der Waals surface area (Å²) < 4.78 is 5.38. The molecule has 3 N–H and O–H groups in total. The van der Waals surface area contributed by atoms with Crippen LogP contribution < -0.4 is 11.1 Å². The maximum absolute atomic E-state index is 11.8. The zero-order valence-corrected chi connectivity index (χ0v) is 10.3. The second kappa shape index (κ2) is 6.86. The van der Waals surface area contributed by atoms with Crippen LogP contribution in [-0.4, -0.2) is 32.2 Å². The van der Waals surface area contributed by atoms with Gasteiger partial charge in [-0.3, -0.25) is 4.79 Å². The van der Waals surface area contributed by atoms with Crippen molar-refractivity contribution in [2.75, 3.05) is 26.3 Å². The SMILES string of the molecule is CCCCOCCNC(=O)C1(CN)CCC1. The molecule has 0 aromatic carbocycles. The molecule has 0 aromatic rings. The molecule has 0 radical (unpaired) electrons. The molecule has 4 heteroatoms. The topological polar surface area (TPSA) is 64.3 Å². The highest BCUT2D eigenvalue weighted by Gasteiger charge is 2.42. The third-order valence-electron chi connectivity index (χ3n) is 3.36. The quantitative estimate of drug-likeness (QED) is 0.610. The molecule has 4 nitrogen and oxygen atoms in total. The minimum Gasteiger partial charge on any atom is -0.380 e. The van der Waals surface area contributed by atoms with Gasteiger partial charge < -0.3 is 15.8 Å². The Kier molecular flexibility index (Phi) is 5.77. The fourth-order valence-electron chi connectivity index (χ4n) is 1.90. The first-order chi connectivity index (χ1) is 7.75. The van der Waals surface area contributed by atoms with Gasteiger partial charge >= 0.3 is 0 Å². The summed E-state index contributed by atoms with van der Waals surface area (Å²) in [7, 11) is 0. The van der Waals surface area contributed by atoms with Crippen molar-refractivity contribution in [1.82, 2.24) is 5.32 Å². The fourth-order valence-corrected chi connectivity index (χ4v) is 1.90. The van der Waals surface area contributed by atoms with Crippen molar-refractivity contribution in [2.45, 2.75) is 39.0 Å². The molecule has 0 heterocycles. The average Bonchev–Trinajstić information content (AvgIpc) is 2.22. The first-order valence-corrected chi connectivity index (χ1v) is 6.31. The molecule has 1 saturated carbocycles. The van der Waals surface area contributed by atoms with Crippen LogP contribution in [0, 0.1) is 5.41 Å². The third-order valence-corrected chi connectivity index (χ3v) is 3.36. The van der Waals surface area contributed by atoms with Gasteiger partial charge in [0.2, 0.25) is 5.91 Å². The summed E-state index contributed by atoms with van der Waals surface area (Å²) >= 11 is 0. The van der Waals surface area contributed by atoms with Crippen LogP contribution in [0.5, 0.6) is 0 Å². The van der Waals surface area contributed by atoms with Gasteiger partial charge in [-0.05, 0) is 19.3 Å². The van der Waals surface area contributed by atoms with Crippen LogP contribution in [0.25, 0.3) is 0 Å². The van der Waals surface area contributed by atoms with Gasteiger partial charge in [0.1, 0.15) is 0 Å². The van der Waals surface area contributed by atoms with Gasteiger partial charge in [-0.25, -0.2) is 0 Å². The van der Waals surface area contributed by atoms with Crippen molar-refractivity contribution >= 4 is 5.91 Å². The lowest BCUT2D eigenvalue weighted by molar-refractivity contribution is -0.135. The Hall–Kier alpha value is -0.610. The highest BCUT2D eigenvalue weighted by Crippen LogP contribution is 2.39. The van der Waals surface area contributed by atoms with E-state index in [1.807, 2.05) is 0 Å². The molecule has 0 aliphatic heterocycles. The van der Waals surface area contributed by atoms with Crippen LogP contribution in [0.15, 0.2) is 0 Å². The van der Waals surface area contributed by atoms with Gasteiger partial charge in [0.05, 0.1) is 12.0 Å². The molecule has 1 fully saturated rings. The summed E-state index contributed by atoms with van der Waals surface area (Å²) in [5.74, 6) is 0.111. The van der Waals surface area contributed by atoms with Crippen LogP contribution in [0.1, 0.15) is 39.0 Å². The Morgan fingerprint density at radius 2 is 2.19 bits per heavy atom. The third kappa shape index (κ3) is 3.46. The van der Waals surface area contributed by atoms with Crippen molar-refractivity contribution in [1.29, 1.82) is 0 Å². The average molecular weight is 228 g/mol. The van der Waals surface area contributed by atoms with Crippen LogP contribution in [-0.2, 0) is 9.53 Å². The van der Waals surface area contributed by atoms with E-state index in [1.54, 1.807) is 0 Å². The smallest absolute Gasteiger partial charge is 0.227 e. The van der Waals surface area contributed by atoms with Gasteiger partial charge in [0, 0.05) is 19.7 Å². The minimum absolute atomic E-state index is 0.111. The Bertz CT molecular complexity index is 210. The number of unbranched alkanes of at least 4 members (excludes halogenated alkanes) is 1. The largest absolute Gasteiger partial charge is 0.380 e. The van der Waals surface area contributed by atoms with E-state index in [1.165, 1.54) is 0 Å². The molecule has 16 heavy (non-hydrogen) atoms. The van der Waals surface area contributed by atoms with Gasteiger partial charge in [-0.2, -0.15) is 0 Å². The number of ether oxygens (including phenoxy) is 1. The predicted octanol–water partition coefficient (Wildman–Crippen LogP) is 1.05. The van der Waals surface area contributed by atoms with Gasteiger partial charge in [0.15, 0.2) is 0 Å². The summed E-state index contributed by atoms with van der Waals surface area (Å²) in [5, 5.41) is 2.91. The lowest BCUT2D eigenvalue weighted by Crippen LogP contribution is -2.50. The van der Waals surface area contributed by atoms with Crippen molar-refractivity contribution in [2.24, 2.45) is 11.1 Å². The van der Waals surface area contributed by atoms with E-state index in [0.717, 1.165) is 38.7 Å². The number of hydrogen-bond donors (Lipinski definition) is 2. The Balaban J connectivity index is 2.06.